The van der Waals surface area contributed by atoms with Gasteiger partial charge in [0.05, 0.1) is 4.90 Å². The molecule has 3 aromatic rings. The van der Waals surface area contributed by atoms with Crippen molar-refractivity contribution in [3.63, 3.8) is 0 Å². The number of aryl methyl sites for hydroxylation is 1. The minimum atomic E-state index is -3.65. The summed E-state index contributed by atoms with van der Waals surface area (Å²) < 4.78 is 27.1. The largest absolute Gasteiger partial charge is 0.354 e. The molecular weight excluding hydrogens is 522 g/mol. The van der Waals surface area contributed by atoms with Gasteiger partial charge in [-0.25, -0.2) is 12.7 Å². The van der Waals surface area contributed by atoms with Crippen molar-refractivity contribution in [3.05, 3.63) is 102 Å². The Kier molecular flexibility index (Phi) is 11.5. The van der Waals surface area contributed by atoms with Gasteiger partial charge in [0, 0.05) is 39.5 Å². The van der Waals surface area contributed by atoms with E-state index in [-0.39, 0.29) is 42.1 Å². The summed E-state index contributed by atoms with van der Waals surface area (Å²) in [5.41, 5.74) is 2.97. The Bertz CT molecular complexity index is 1340. The van der Waals surface area contributed by atoms with Gasteiger partial charge in [0.15, 0.2) is 0 Å². The summed E-state index contributed by atoms with van der Waals surface area (Å²) in [6, 6.07) is 25.1. The Balaban J connectivity index is 1.83. The van der Waals surface area contributed by atoms with E-state index in [1.807, 2.05) is 75.4 Å². The molecule has 1 N–H and O–H groups in total. The van der Waals surface area contributed by atoms with E-state index in [9.17, 15) is 18.0 Å². The van der Waals surface area contributed by atoms with E-state index in [1.54, 1.807) is 35.2 Å². The van der Waals surface area contributed by atoms with Crippen molar-refractivity contribution in [2.45, 2.75) is 57.5 Å². The number of nitrogens with zero attached hydrogens (tertiary/aromatic N) is 2. The quantitative estimate of drug-likeness (QED) is 0.305. The standard InChI is InChI=1S/C32H41N3O4S/c1-25(2)23-33-32(37)30(22-27-15-7-5-8-16-27)35(24-28-17-12-11-14-26(28)3)31(36)20-13-21-34(4)40(38,39)29-18-9-6-10-19-29/h5-12,14-19,25,30H,13,20-24H2,1-4H3,(H,33,37)/t30-/m0/s1. The van der Waals surface area contributed by atoms with Crippen molar-refractivity contribution in [2.24, 2.45) is 5.92 Å². The van der Waals surface area contributed by atoms with Gasteiger partial charge in [-0.15, -0.1) is 0 Å². The molecule has 1 atom stereocenters. The van der Waals surface area contributed by atoms with E-state index >= 15 is 0 Å². The Morgan fingerprint density at radius 2 is 1.48 bits per heavy atom. The van der Waals surface area contributed by atoms with Crippen LogP contribution >= 0.6 is 0 Å². The molecule has 214 valence electrons. The van der Waals surface area contributed by atoms with Gasteiger partial charge in [-0.2, -0.15) is 0 Å². The summed E-state index contributed by atoms with van der Waals surface area (Å²) in [5, 5.41) is 3.03. The highest BCUT2D eigenvalue weighted by atomic mass is 32.2. The smallest absolute Gasteiger partial charge is 0.243 e. The van der Waals surface area contributed by atoms with Gasteiger partial charge in [-0.05, 0) is 48.1 Å². The second-order valence-electron chi connectivity index (χ2n) is 10.5. The molecule has 2 amide bonds. The highest BCUT2D eigenvalue weighted by molar-refractivity contribution is 7.89. The number of rotatable bonds is 14. The zero-order valence-electron chi connectivity index (χ0n) is 23.9. The average molecular weight is 564 g/mol. The van der Waals surface area contributed by atoms with Crippen LogP contribution in [0.3, 0.4) is 0 Å². The molecule has 0 fully saturated rings. The van der Waals surface area contributed by atoms with Gasteiger partial charge in [0.1, 0.15) is 6.04 Å². The van der Waals surface area contributed by atoms with E-state index in [2.05, 4.69) is 5.32 Å². The third kappa shape index (κ3) is 8.76. The monoisotopic (exact) mass is 563 g/mol. The van der Waals surface area contributed by atoms with Gasteiger partial charge in [-0.3, -0.25) is 9.59 Å². The summed E-state index contributed by atoms with van der Waals surface area (Å²) in [7, 11) is -2.13. The van der Waals surface area contributed by atoms with E-state index in [0.717, 1.165) is 16.7 Å². The van der Waals surface area contributed by atoms with Crippen molar-refractivity contribution in [3.8, 4) is 0 Å². The average Bonchev–Trinajstić information content (AvgIpc) is 2.95. The van der Waals surface area contributed by atoms with Crippen LogP contribution in [0, 0.1) is 12.8 Å². The predicted molar refractivity (Wildman–Crippen MR) is 159 cm³/mol. The molecule has 0 saturated carbocycles. The first-order valence-corrected chi connectivity index (χ1v) is 15.2. The number of nitrogens with one attached hydrogen (secondary N) is 1. The lowest BCUT2D eigenvalue weighted by Gasteiger charge is -2.32. The molecule has 8 heteroatoms. The Morgan fingerprint density at radius 3 is 2.10 bits per heavy atom. The van der Waals surface area contributed by atoms with Crippen molar-refractivity contribution in [2.75, 3.05) is 20.1 Å². The van der Waals surface area contributed by atoms with Gasteiger partial charge in [-0.1, -0.05) is 86.6 Å². The molecule has 0 aromatic heterocycles. The number of hydrogen-bond donors (Lipinski definition) is 1. The number of carbonyl (C=O) groups is 2. The maximum atomic E-state index is 13.8. The lowest BCUT2D eigenvalue weighted by Crippen LogP contribution is -2.51. The minimum absolute atomic E-state index is 0.114. The lowest BCUT2D eigenvalue weighted by molar-refractivity contribution is -0.141. The second kappa shape index (κ2) is 14.8. The molecule has 7 nitrogen and oxygen atoms in total. The van der Waals surface area contributed by atoms with Crippen molar-refractivity contribution < 1.29 is 18.0 Å². The lowest BCUT2D eigenvalue weighted by atomic mass is 10.0. The zero-order chi connectivity index (χ0) is 29.1. The fraction of sp³-hybridized carbons (Fsp3) is 0.375. The maximum Gasteiger partial charge on any atom is 0.243 e. The third-order valence-corrected chi connectivity index (χ3v) is 8.74. The van der Waals surface area contributed by atoms with E-state index in [4.69, 9.17) is 0 Å². The second-order valence-corrected chi connectivity index (χ2v) is 12.6. The molecule has 0 unspecified atom stereocenters. The minimum Gasteiger partial charge on any atom is -0.354 e. The summed E-state index contributed by atoms with van der Waals surface area (Å²) in [5.74, 6) is -0.110. The van der Waals surface area contributed by atoms with Gasteiger partial charge < -0.3 is 10.2 Å². The van der Waals surface area contributed by atoms with Crippen LogP contribution in [0.5, 0.6) is 0 Å². The summed E-state index contributed by atoms with van der Waals surface area (Å²) in [6.07, 6.45) is 0.825. The van der Waals surface area contributed by atoms with E-state index < -0.39 is 16.1 Å². The maximum absolute atomic E-state index is 13.8. The first-order valence-electron chi connectivity index (χ1n) is 13.8. The number of amides is 2. The first-order chi connectivity index (χ1) is 19.1. The van der Waals surface area contributed by atoms with Gasteiger partial charge >= 0.3 is 0 Å². The molecule has 0 aliphatic carbocycles. The Morgan fingerprint density at radius 1 is 0.875 bits per heavy atom. The highest BCUT2D eigenvalue weighted by Crippen LogP contribution is 2.19. The molecule has 0 heterocycles. The molecule has 0 radical (unpaired) electrons. The van der Waals surface area contributed by atoms with Gasteiger partial charge in [0.2, 0.25) is 21.8 Å². The number of benzene rings is 3. The predicted octanol–water partition coefficient (Wildman–Crippen LogP) is 4.81. The SMILES string of the molecule is Cc1ccccc1CN(C(=O)CCCN(C)S(=O)(=O)c1ccccc1)[C@@H](Cc1ccccc1)C(=O)NCC(C)C. The first kappa shape index (κ1) is 31.0. The van der Waals surface area contributed by atoms with E-state index in [1.165, 1.54) is 11.4 Å². The molecule has 0 saturated heterocycles. The molecule has 3 aromatic carbocycles. The van der Waals surface area contributed by atoms with Crippen LogP contribution in [-0.2, 0) is 32.6 Å². The number of carbonyl (C=O) groups excluding carboxylic acids is 2. The van der Waals surface area contributed by atoms with Crippen molar-refractivity contribution in [1.82, 2.24) is 14.5 Å². The molecule has 0 spiro atoms. The molecular formula is C32H41N3O4S. The summed E-state index contributed by atoms with van der Waals surface area (Å²) in [4.78, 5) is 29.2. The molecule has 40 heavy (non-hydrogen) atoms. The third-order valence-electron chi connectivity index (χ3n) is 6.87. The fourth-order valence-corrected chi connectivity index (χ4v) is 5.67. The Hall–Kier alpha value is -3.49. The normalized spacial score (nSPS) is 12.3. The summed E-state index contributed by atoms with van der Waals surface area (Å²) in [6.45, 7) is 7.04. The van der Waals surface area contributed by atoms with E-state index in [0.29, 0.717) is 19.4 Å². The van der Waals surface area contributed by atoms with Crippen LogP contribution in [0.25, 0.3) is 0 Å². The van der Waals surface area contributed by atoms with Crippen LogP contribution in [-0.4, -0.2) is 55.6 Å². The molecule has 0 aliphatic rings. The number of sulfonamides is 1. The highest BCUT2D eigenvalue weighted by Gasteiger charge is 2.31. The van der Waals surface area contributed by atoms with Crippen LogP contribution in [0.4, 0.5) is 0 Å². The fourth-order valence-electron chi connectivity index (χ4n) is 4.44. The van der Waals surface area contributed by atoms with Crippen LogP contribution in [0.2, 0.25) is 0 Å². The number of hydrogen-bond acceptors (Lipinski definition) is 4. The molecule has 0 bridgehead atoms. The molecule has 0 aliphatic heterocycles. The Labute approximate surface area is 239 Å². The topological polar surface area (TPSA) is 86.8 Å². The van der Waals surface area contributed by atoms with Crippen molar-refractivity contribution in [1.29, 1.82) is 0 Å². The van der Waals surface area contributed by atoms with Crippen LogP contribution in [0.15, 0.2) is 89.8 Å². The molecule has 3 rings (SSSR count). The zero-order valence-corrected chi connectivity index (χ0v) is 24.7. The van der Waals surface area contributed by atoms with Gasteiger partial charge in [0.25, 0.3) is 0 Å². The van der Waals surface area contributed by atoms with Crippen LogP contribution in [0.1, 0.15) is 43.4 Å². The van der Waals surface area contributed by atoms with Crippen LogP contribution < -0.4 is 5.32 Å². The van der Waals surface area contributed by atoms with Crippen molar-refractivity contribution >= 4 is 21.8 Å². The summed E-state index contributed by atoms with van der Waals surface area (Å²) >= 11 is 0.